The molecule has 1 rings (SSSR count). The molecule has 5 nitrogen and oxygen atoms in total. The van der Waals surface area contributed by atoms with Crippen LogP contribution in [0.1, 0.15) is 12.8 Å². The lowest BCUT2D eigenvalue weighted by Crippen LogP contribution is -2.25. The monoisotopic (exact) mass is 292 g/mol. The van der Waals surface area contributed by atoms with Crippen LogP contribution in [0.15, 0.2) is 23.1 Å². The second kappa shape index (κ2) is 6.94. The van der Waals surface area contributed by atoms with Gasteiger partial charge < -0.3 is 10.5 Å². The molecule has 3 N–H and O–H groups in total. The Labute approximate surface area is 112 Å². The number of anilines is 1. The molecule has 0 aliphatic heterocycles. The zero-order valence-electron chi connectivity index (χ0n) is 10.1. The minimum Gasteiger partial charge on any atom is -0.397 e. The fraction of sp³-hybridized carbons (Fsp3) is 0.455. The van der Waals surface area contributed by atoms with E-state index in [0.29, 0.717) is 18.2 Å². The van der Waals surface area contributed by atoms with Crippen molar-refractivity contribution in [1.29, 1.82) is 0 Å². The molecule has 0 heterocycles. The molecule has 0 fully saturated rings. The summed E-state index contributed by atoms with van der Waals surface area (Å²) in [6, 6.07) is 4.24. The van der Waals surface area contributed by atoms with E-state index in [1.807, 2.05) is 0 Å². The molecular formula is C11H17ClN2O3S. The van der Waals surface area contributed by atoms with Crippen LogP contribution in [-0.4, -0.2) is 28.7 Å². The third kappa shape index (κ3) is 4.45. The molecule has 0 aliphatic carbocycles. The minimum atomic E-state index is -3.52. The molecule has 1 aromatic rings. The van der Waals surface area contributed by atoms with Crippen molar-refractivity contribution in [2.24, 2.45) is 0 Å². The van der Waals surface area contributed by atoms with Crippen molar-refractivity contribution in [1.82, 2.24) is 4.72 Å². The number of benzene rings is 1. The van der Waals surface area contributed by atoms with E-state index in [4.69, 9.17) is 22.1 Å². The minimum absolute atomic E-state index is 0.121. The second-order valence-electron chi connectivity index (χ2n) is 3.78. The quantitative estimate of drug-likeness (QED) is 0.591. The lowest BCUT2D eigenvalue weighted by atomic mass is 10.3. The Hall–Kier alpha value is -0.820. The van der Waals surface area contributed by atoms with Crippen molar-refractivity contribution < 1.29 is 13.2 Å². The van der Waals surface area contributed by atoms with Crippen LogP contribution in [0.5, 0.6) is 0 Å². The third-order valence-corrected chi connectivity index (χ3v) is 4.15. The summed E-state index contributed by atoms with van der Waals surface area (Å²) >= 11 is 5.74. The van der Waals surface area contributed by atoms with Crippen LogP contribution in [0.2, 0.25) is 5.02 Å². The first kappa shape index (κ1) is 15.2. The number of sulfonamides is 1. The normalized spacial score (nSPS) is 11.7. The Morgan fingerprint density at radius 3 is 2.72 bits per heavy atom. The summed E-state index contributed by atoms with van der Waals surface area (Å²) in [5.74, 6) is 0. The van der Waals surface area contributed by atoms with Crippen LogP contribution in [-0.2, 0) is 14.8 Å². The van der Waals surface area contributed by atoms with Gasteiger partial charge in [-0.05, 0) is 31.0 Å². The number of ether oxygens (including phenoxy) is 1. The first-order chi connectivity index (χ1) is 8.47. The Bertz CT molecular complexity index is 491. The first-order valence-electron chi connectivity index (χ1n) is 5.51. The fourth-order valence-corrected chi connectivity index (χ4v) is 2.58. The number of unbranched alkanes of at least 4 members (excludes halogenated alkanes) is 1. The lowest BCUT2D eigenvalue weighted by molar-refractivity contribution is 0.193. The van der Waals surface area contributed by atoms with E-state index >= 15 is 0 Å². The summed E-state index contributed by atoms with van der Waals surface area (Å²) in [6.07, 6.45) is 1.53. The maximum absolute atomic E-state index is 11.9. The topological polar surface area (TPSA) is 81.4 Å². The summed E-state index contributed by atoms with van der Waals surface area (Å²) < 4.78 is 31.2. The highest BCUT2D eigenvalue weighted by Gasteiger charge is 2.14. The van der Waals surface area contributed by atoms with Crippen LogP contribution in [0, 0.1) is 0 Å². The van der Waals surface area contributed by atoms with Crippen molar-refractivity contribution in [2.75, 3.05) is 26.0 Å². The van der Waals surface area contributed by atoms with Gasteiger partial charge in [0.2, 0.25) is 10.0 Å². The van der Waals surface area contributed by atoms with Crippen molar-refractivity contribution in [3.63, 3.8) is 0 Å². The first-order valence-corrected chi connectivity index (χ1v) is 7.37. The van der Waals surface area contributed by atoms with Gasteiger partial charge in [0, 0.05) is 20.3 Å². The van der Waals surface area contributed by atoms with E-state index in [0.717, 1.165) is 12.8 Å². The Morgan fingerprint density at radius 1 is 1.39 bits per heavy atom. The highest BCUT2D eigenvalue weighted by Crippen LogP contribution is 2.21. The van der Waals surface area contributed by atoms with Gasteiger partial charge in [-0.2, -0.15) is 0 Å². The van der Waals surface area contributed by atoms with E-state index < -0.39 is 10.0 Å². The van der Waals surface area contributed by atoms with Gasteiger partial charge in [-0.1, -0.05) is 11.6 Å². The van der Waals surface area contributed by atoms with Gasteiger partial charge in [-0.25, -0.2) is 13.1 Å². The van der Waals surface area contributed by atoms with Gasteiger partial charge in [0.1, 0.15) is 0 Å². The molecule has 0 atom stereocenters. The van der Waals surface area contributed by atoms with Crippen LogP contribution in [0.25, 0.3) is 0 Å². The molecule has 0 saturated heterocycles. The largest absolute Gasteiger partial charge is 0.397 e. The second-order valence-corrected chi connectivity index (χ2v) is 5.96. The van der Waals surface area contributed by atoms with Crippen molar-refractivity contribution >= 4 is 27.3 Å². The molecule has 18 heavy (non-hydrogen) atoms. The number of nitrogens with one attached hydrogen (secondary N) is 1. The van der Waals surface area contributed by atoms with Gasteiger partial charge in [-0.15, -0.1) is 0 Å². The summed E-state index contributed by atoms with van der Waals surface area (Å²) in [4.78, 5) is 0.121. The molecule has 0 saturated carbocycles. The number of hydrogen-bond acceptors (Lipinski definition) is 4. The molecule has 0 unspecified atom stereocenters. The number of nitrogens with two attached hydrogens (primary N) is 1. The molecule has 0 bridgehead atoms. The summed E-state index contributed by atoms with van der Waals surface area (Å²) in [5, 5.41) is 0.342. The van der Waals surface area contributed by atoms with Crippen LogP contribution < -0.4 is 10.5 Å². The number of rotatable bonds is 7. The van der Waals surface area contributed by atoms with Gasteiger partial charge in [0.25, 0.3) is 0 Å². The average Bonchev–Trinajstić information content (AvgIpc) is 2.32. The molecule has 0 aliphatic rings. The highest BCUT2D eigenvalue weighted by molar-refractivity contribution is 7.89. The van der Waals surface area contributed by atoms with Gasteiger partial charge in [-0.3, -0.25) is 0 Å². The predicted molar refractivity (Wildman–Crippen MR) is 72.2 cm³/mol. The molecule has 0 spiro atoms. The average molecular weight is 293 g/mol. The maximum Gasteiger partial charge on any atom is 0.240 e. The van der Waals surface area contributed by atoms with E-state index in [1.165, 1.54) is 18.2 Å². The Kier molecular flexibility index (Phi) is 5.87. The number of hydrogen-bond donors (Lipinski definition) is 2. The number of nitrogen functional groups attached to an aromatic ring is 1. The van der Waals surface area contributed by atoms with Crippen LogP contribution in [0.4, 0.5) is 5.69 Å². The Morgan fingerprint density at radius 2 is 2.11 bits per heavy atom. The zero-order valence-corrected chi connectivity index (χ0v) is 11.7. The molecule has 0 amide bonds. The molecule has 102 valence electrons. The molecule has 7 heteroatoms. The van der Waals surface area contributed by atoms with Gasteiger partial charge in [0.05, 0.1) is 15.6 Å². The standard InChI is InChI=1S/C11H17ClN2O3S/c1-17-7-3-2-6-14-18(15,16)9-4-5-10(12)11(13)8-9/h4-5,8,14H,2-3,6-7,13H2,1H3. The fourth-order valence-electron chi connectivity index (χ4n) is 1.35. The summed E-state index contributed by atoms with van der Waals surface area (Å²) in [7, 11) is -1.90. The third-order valence-electron chi connectivity index (χ3n) is 2.35. The van der Waals surface area contributed by atoms with Crippen LogP contribution in [0.3, 0.4) is 0 Å². The van der Waals surface area contributed by atoms with Crippen LogP contribution >= 0.6 is 11.6 Å². The van der Waals surface area contributed by atoms with E-state index in [9.17, 15) is 8.42 Å². The highest BCUT2D eigenvalue weighted by atomic mass is 35.5. The summed E-state index contributed by atoms with van der Waals surface area (Å²) in [6.45, 7) is 0.990. The smallest absolute Gasteiger partial charge is 0.240 e. The molecule has 0 aromatic heterocycles. The van der Waals surface area contributed by atoms with Gasteiger partial charge >= 0.3 is 0 Å². The molecule has 1 aromatic carbocycles. The zero-order chi connectivity index (χ0) is 13.6. The number of halogens is 1. The SMILES string of the molecule is COCCCCNS(=O)(=O)c1ccc(Cl)c(N)c1. The molecular weight excluding hydrogens is 276 g/mol. The Balaban J connectivity index is 2.60. The lowest BCUT2D eigenvalue weighted by Gasteiger charge is -2.07. The van der Waals surface area contributed by atoms with E-state index in [2.05, 4.69) is 4.72 Å². The molecule has 0 radical (unpaired) electrons. The maximum atomic E-state index is 11.9. The number of methoxy groups -OCH3 is 1. The van der Waals surface area contributed by atoms with E-state index in [1.54, 1.807) is 7.11 Å². The predicted octanol–water partition coefficient (Wildman–Crippen LogP) is 1.63. The summed E-state index contributed by atoms with van der Waals surface area (Å²) in [5.41, 5.74) is 5.82. The van der Waals surface area contributed by atoms with Crippen molar-refractivity contribution in [3.8, 4) is 0 Å². The van der Waals surface area contributed by atoms with E-state index in [-0.39, 0.29) is 10.6 Å². The van der Waals surface area contributed by atoms with Gasteiger partial charge in [0.15, 0.2) is 0 Å². The van der Waals surface area contributed by atoms with Crippen molar-refractivity contribution in [3.05, 3.63) is 23.2 Å². The van der Waals surface area contributed by atoms with Crippen molar-refractivity contribution in [2.45, 2.75) is 17.7 Å².